The summed E-state index contributed by atoms with van der Waals surface area (Å²) in [4.78, 5) is 28.5. The summed E-state index contributed by atoms with van der Waals surface area (Å²) in [6.45, 7) is 4.13. The molecule has 0 saturated carbocycles. The molecule has 0 bridgehead atoms. The molecule has 1 aromatic heterocycles. The highest BCUT2D eigenvalue weighted by atomic mass is 16.5. The Hall–Kier alpha value is -3.71. The first-order valence-corrected chi connectivity index (χ1v) is 13.0. The molecule has 3 aromatic rings. The molecule has 0 spiro atoms. The van der Waals surface area contributed by atoms with Crippen LogP contribution in [0.1, 0.15) is 63.5 Å². The largest absolute Gasteiger partial charge is 0.507 e. The molecule has 37 heavy (non-hydrogen) atoms. The number of benzene rings is 2. The third-order valence-corrected chi connectivity index (χ3v) is 7.08. The van der Waals surface area contributed by atoms with Gasteiger partial charge in [0.15, 0.2) is 0 Å². The van der Waals surface area contributed by atoms with E-state index in [2.05, 4.69) is 19.0 Å². The Bertz CT molecular complexity index is 1220. The van der Waals surface area contributed by atoms with Crippen molar-refractivity contribution in [2.75, 3.05) is 4.90 Å². The highest BCUT2D eigenvalue weighted by Gasteiger charge is 2.49. The fraction of sp³-hybridized carbons (Fsp3) is 0.367. The molecule has 2 aromatic carbocycles. The summed E-state index contributed by atoms with van der Waals surface area (Å²) in [7, 11) is 0. The van der Waals surface area contributed by atoms with E-state index in [0.29, 0.717) is 22.5 Å². The summed E-state index contributed by atoms with van der Waals surface area (Å²) in [5.74, 6) is -1.47. The fourth-order valence-electron chi connectivity index (χ4n) is 5.06. The standard InChI is InChI=1S/C30H34N2O5/c1-3-5-7-22(8-6-4-2)27-26(28(34)23-11-9-20(19-33)10-12-23)29(35)30(36)32(27)24-15-13-21(14-16-24)25-17-18-37-31-25/h9-18,22,27,33-34H,3-8,19H2,1-2H3. The van der Waals surface area contributed by atoms with Gasteiger partial charge in [0.05, 0.1) is 18.2 Å². The first kappa shape index (κ1) is 26.4. The lowest BCUT2D eigenvalue weighted by atomic mass is 9.83. The van der Waals surface area contributed by atoms with Crippen molar-refractivity contribution in [3.05, 3.63) is 77.6 Å². The van der Waals surface area contributed by atoms with E-state index in [4.69, 9.17) is 4.52 Å². The molecule has 2 heterocycles. The van der Waals surface area contributed by atoms with Gasteiger partial charge in [-0.3, -0.25) is 14.5 Å². The van der Waals surface area contributed by atoms with Crippen molar-refractivity contribution < 1.29 is 24.3 Å². The Balaban J connectivity index is 1.81. The zero-order valence-corrected chi connectivity index (χ0v) is 21.4. The van der Waals surface area contributed by atoms with E-state index < -0.39 is 17.7 Å². The van der Waals surface area contributed by atoms with Crippen LogP contribution in [0, 0.1) is 5.92 Å². The average Bonchev–Trinajstić information content (AvgIpc) is 3.56. The van der Waals surface area contributed by atoms with Crippen molar-refractivity contribution in [1.82, 2.24) is 5.16 Å². The number of Topliss-reactive ketones (excluding diaryl/α,β-unsaturated/α-hetero) is 1. The number of nitrogens with zero attached hydrogens (tertiary/aromatic N) is 2. The normalized spacial score (nSPS) is 17.2. The number of carbonyl (C=O) groups excluding carboxylic acids is 2. The number of hydrogen-bond donors (Lipinski definition) is 2. The van der Waals surface area contributed by atoms with Crippen molar-refractivity contribution in [3.63, 3.8) is 0 Å². The molecule has 0 aliphatic carbocycles. The maximum absolute atomic E-state index is 13.5. The minimum atomic E-state index is -0.674. The van der Waals surface area contributed by atoms with Gasteiger partial charge in [-0.1, -0.05) is 81.1 Å². The summed E-state index contributed by atoms with van der Waals surface area (Å²) in [5, 5.41) is 24.7. The molecule has 1 amide bonds. The van der Waals surface area contributed by atoms with Gasteiger partial charge < -0.3 is 14.7 Å². The summed E-state index contributed by atoms with van der Waals surface area (Å²) >= 11 is 0. The highest BCUT2D eigenvalue weighted by molar-refractivity contribution is 6.51. The van der Waals surface area contributed by atoms with E-state index in [1.165, 1.54) is 6.26 Å². The van der Waals surface area contributed by atoms with E-state index >= 15 is 0 Å². The molecule has 7 heteroatoms. The zero-order valence-electron chi connectivity index (χ0n) is 21.4. The van der Waals surface area contributed by atoms with Gasteiger partial charge in [-0.25, -0.2) is 0 Å². The smallest absolute Gasteiger partial charge is 0.299 e. The van der Waals surface area contributed by atoms with E-state index in [1.54, 1.807) is 35.2 Å². The zero-order chi connectivity index (χ0) is 26.4. The Morgan fingerprint density at radius 2 is 1.62 bits per heavy atom. The molecule has 1 unspecified atom stereocenters. The van der Waals surface area contributed by atoms with Crippen LogP contribution in [0.4, 0.5) is 5.69 Å². The predicted octanol–water partition coefficient (Wildman–Crippen LogP) is 6.08. The van der Waals surface area contributed by atoms with Gasteiger partial charge in [-0.05, 0) is 36.5 Å². The summed E-state index contributed by atoms with van der Waals surface area (Å²) < 4.78 is 4.94. The molecule has 7 nitrogen and oxygen atoms in total. The fourth-order valence-corrected chi connectivity index (χ4v) is 5.06. The number of unbranched alkanes of at least 4 members (excludes halogenated alkanes) is 2. The van der Waals surface area contributed by atoms with Crippen molar-refractivity contribution >= 4 is 23.1 Å². The van der Waals surface area contributed by atoms with E-state index in [9.17, 15) is 19.8 Å². The van der Waals surface area contributed by atoms with Gasteiger partial charge >= 0.3 is 0 Å². The lowest BCUT2D eigenvalue weighted by molar-refractivity contribution is -0.132. The van der Waals surface area contributed by atoms with E-state index in [1.807, 2.05) is 24.3 Å². The molecule has 1 aliphatic rings. The number of carbonyl (C=O) groups is 2. The summed E-state index contributed by atoms with van der Waals surface area (Å²) in [5.41, 5.74) is 3.42. The number of anilines is 1. The number of aliphatic hydroxyl groups excluding tert-OH is 2. The van der Waals surface area contributed by atoms with Crippen LogP contribution in [0.5, 0.6) is 0 Å². The number of amides is 1. The van der Waals surface area contributed by atoms with Gasteiger partial charge in [0.1, 0.15) is 17.7 Å². The molecule has 1 aliphatic heterocycles. The Morgan fingerprint density at radius 1 is 0.973 bits per heavy atom. The van der Waals surface area contributed by atoms with Gasteiger partial charge in [0.2, 0.25) is 0 Å². The average molecular weight is 503 g/mol. The molecule has 194 valence electrons. The summed E-state index contributed by atoms with van der Waals surface area (Å²) in [6.07, 6.45) is 7.11. The molecular weight excluding hydrogens is 468 g/mol. The van der Waals surface area contributed by atoms with Crippen LogP contribution in [0.25, 0.3) is 17.0 Å². The van der Waals surface area contributed by atoms with Crippen LogP contribution in [-0.4, -0.2) is 33.1 Å². The highest BCUT2D eigenvalue weighted by Crippen LogP contribution is 2.40. The van der Waals surface area contributed by atoms with Gasteiger partial charge in [0, 0.05) is 22.9 Å². The Labute approximate surface area is 217 Å². The maximum atomic E-state index is 13.5. The third kappa shape index (κ3) is 5.52. The number of aromatic nitrogens is 1. The lowest BCUT2D eigenvalue weighted by Gasteiger charge is -2.32. The number of rotatable bonds is 11. The number of hydrogen-bond acceptors (Lipinski definition) is 6. The van der Waals surface area contributed by atoms with Crippen LogP contribution >= 0.6 is 0 Å². The van der Waals surface area contributed by atoms with Crippen LogP contribution in [-0.2, 0) is 16.2 Å². The molecular formula is C30H34N2O5. The molecule has 2 N–H and O–H groups in total. The third-order valence-electron chi connectivity index (χ3n) is 7.08. The predicted molar refractivity (Wildman–Crippen MR) is 143 cm³/mol. The first-order valence-electron chi connectivity index (χ1n) is 13.0. The second-order valence-corrected chi connectivity index (χ2v) is 9.54. The second kappa shape index (κ2) is 12.0. The van der Waals surface area contributed by atoms with Crippen molar-refractivity contribution in [3.8, 4) is 11.3 Å². The molecule has 1 fully saturated rings. The Morgan fingerprint density at radius 3 is 2.16 bits per heavy atom. The Kier molecular flexibility index (Phi) is 8.56. The number of aliphatic hydroxyl groups is 2. The maximum Gasteiger partial charge on any atom is 0.299 e. The lowest BCUT2D eigenvalue weighted by Crippen LogP contribution is -2.39. The van der Waals surface area contributed by atoms with Crippen LogP contribution in [0.2, 0.25) is 0 Å². The second-order valence-electron chi connectivity index (χ2n) is 9.54. The van der Waals surface area contributed by atoms with Crippen LogP contribution < -0.4 is 4.90 Å². The van der Waals surface area contributed by atoms with Crippen molar-refractivity contribution in [1.29, 1.82) is 0 Å². The summed E-state index contributed by atoms with van der Waals surface area (Å²) in [6, 6.07) is 15.3. The monoisotopic (exact) mass is 502 g/mol. The minimum Gasteiger partial charge on any atom is -0.507 e. The van der Waals surface area contributed by atoms with Crippen LogP contribution in [0.15, 0.2) is 71.0 Å². The topological polar surface area (TPSA) is 104 Å². The number of ketones is 1. The quantitative estimate of drug-likeness (QED) is 0.187. The van der Waals surface area contributed by atoms with Gasteiger partial charge in [-0.2, -0.15) is 0 Å². The van der Waals surface area contributed by atoms with Crippen molar-refractivity contribution in [2.24, 2.45) is 5.92 Å². The van der Waals surface area contributed by atoms with Gasteiger partial charge in [-0.15, -0.1) is 0 Å². The van der Waals surface area contributed by atoms with E-state index in [-0.39, 0.29) is 23.9 Å². The molecule has 1 atom stereocenters. The SMILES string of the molecule is CCCCC(CCCC)C1C(=C(O)c2ccc(CO)cc2)C(=O)C(=O)N1c1ccc(-c2ccon2)cc1. The first-order chi connectivity index (χ1) is 18.0. The molecule has 4 rings (SSSR count). The molecule has 1 saturated heterocycles. The molecule has 0 radical (unpaired) electrons. The van der Waals surface area contributed by atoms with Gasteiger partial charge in [0.25, 0.3) is 11.7 Å². The van der Waals surface area contributed by atoms with E-state index in [0.717, 1.165) is 44.1 Å². The minimum absolute atomic E-state index is 0.0133. The van der Waals surface area contributed by atoms with Crippen molar-refractivity contribution in [2.45, 2.75) is 65.0 Å². The van der Waals surface area contributed by atoms with Crippen LogP contribution in [0.3, 0.4) is 0 Å².